The van der Waals surface area contributed by atoms with Crippen molar-refractivity contribution in [1.82, 2.24) is 0 Å². The maximum Gasteiger partial charge on any atom is 0.210 e. The number of aliphatic hydroxyl groups excluding tert-OH is 1. The quantitative estimate of drug-likeness (QED) is 0.741. The minimum Gasteiger partial charge on any atom is -0.462 e. The lowest BCUT2D eigenvalue weighted by molar-refractivity contribution is -0.180. The summed E-state index contributed by atoms with van der Waals surface area (Å²) in [5.74, 6) is -0.0103. The lowest BCUT2D eigenvalue weighted by atomic mass is 9.98. The Kier molecular flexibility index (Phi) is 2.21. The molecule has 2 atom stereocenters. The van der Waals surface area contributed by atoms with Crippen LogP contribution in [0.2, 0.25) is 0 Å². The molecule has 3 nitrogen and oxygen atoms in total. The maximum absolute atomic E-state index is 9.87. The molecule has 76 valence electrons. The third-order valence-corrected chi connectivity index (χ3v) is 2.60. The number of fused-ring (bicyclic) bond motifs is 1. The van der Waals surface area contributed by atoms with E-state index in [9.17, 15) is 5.11 Å². The first-order valence-electron chi connectivity index (χ1n) is 4.66. The van der Waals surface area contributed by atoms with Gasteiger partial charge < -0.3 is 14.6 Å². The van der Waals surface area contributed by atoms with Gasteiger partial charge in [-0.1, -0.05) is 18.2 Å². The van der Waals surface area contributed by atoms with E-state index >= 15 is 0 Å². The van der Waals surface area contributed by atoms with E-state index in [0.29, 0.717) is 12.2 Å². The molecule has 0 saturated heterocycles. The zero-order valence-corrected chi connectivity index (χ0v) is 8.36. The van der Waals surface area contributed by atoms with Crippen molar-refractivity contribution < 1.29 is 14.6 Å². The number of hydrogen-bond donors (Lipinski definition) is 1. The van der Waals surface area contributed by atoms with Crippen LogP contribution in [-0.2, 0) is 4.74 Å². The fourth-order valence-corrected chi connectivity index (χ4v) is 1.71. The molecule has 0 bridgehead atoms. The van der Waals surface area contributed by atoms with Gasteiger partial charge in [0.05, 0.1) is 6.10 Å². The minimum absolute atomic E-state index is 0.459. The predicted molar refractivity (Wildman–Crippen MR) is 52.1 cm³/mol. The largest absolute Gasteiger partial charge is 0.462 e. The second-order valence-electron chi connectivity index (χ2n) is 3.70. The Hall–Kier alpha value is -1.06. The molecule has 1 aliphatic heterocycles. The number of methoxy groups -OCH3 is 1. The summed E-state index contributed by atoms with van der Waals surface area (Å²) in [4.78, 5) is 0. The number of para-hydroxylation sites is 1. The van der Waals surface area contributed by atoms with Gasteiger partial charge in [-0.25, -0.2) is 0 Å². The summed E-state index contributed by atoms with van der Waals surface area (Å²) < 4.78 is 10.9. The Bertz CT molecular complexity index is 337. The summed E-state index contributed by atoms with van der Waals surface area (Å²) in [5, 5.41) is 9.87. The summed E-state index contributed by atoms with van der Waals surface area (Å²) in [5.41, 5.74) is 0.835. The first kappa shape index (κ1) is 9.49. The summed E-state index contributed by atoms with van der Waals surface area (Å²) in [6.07, 6.45) is -0.0505. The van der Waals surface area contributed by atoms with Crippen LogP contribution in [0.3, 0.4) is 0 Å². The van der Waals surface area contributed by atoms with E-state index in [-0.39, 0.29) is 0 Å². The molecular formula is C11H14O3. The van der Waals surface area contributed by atoms with Gasteiger partial charge in [0, 0.05) is 26.0 Å². The van der Waals surface area contributed by atoms with Crippen LogP contribution in [0.1, 0.15) is 25.0 Å². The molecule has 1 N–H and O–H groups in total. The van der Waals surface area contributed by atoms with E-state index in [2.05, 4.69) is 0 Å². The van der Waals surface area contributed by atoms with Crippen molar-refractivity contribution in [3.05, 3.63) is 29.8 Å². The lowest BCUT2D eigenvalue weighted by Crippen LogP contribution is -2.39. The van der Waals surface area contributed by atoms with Gasteiger partial charge in [-0.15, -0.1) is 0 Å². The SMILES string of the molecule is CO[C@]1(C)C[C@@H](O)c2ccccc2O1. The van der Waals surface area contributed by atoms with E-state index in [4.69, 9.17) is 9.47 Å². The molecule has 3 heteroatoms. The fourth-order valence-electron chi connectivity index (χ4n) is 1.71. The molecule has 0 fully saturated rings. The number of aliphatic hydroxyl groups is 1. The monoisotopic (exact) mass is 194 g/mol. The van der Waals surface area contributed by atoms with Gasteiger partial charge in [0.1, 0.15) is 5.75 Å². The van der Waals surface area contributed by atoms with Gasteiger partial charge in [-0.05, 0) is 6.07 Å². The third kappa shape index (κ3) is 1.49. The molecule has 1 heterocycles. The Morgan fingerprint density at radius 3 is 2.93 bits per heavy atom. The van der Waals surface area contributed by atoms with Gasteiger partial charge in [0.15, 0.2) is 0 Å². The Labute approximate surface area is 83.3 Å². The molecule has 0 radical (unpaired) electrons. The number of ether oxygens (including phenoxy) is 2. The van der Waals surface area contributed by atoms with E-state index in [0.717, 1.165) is 5.56 Å². The van der Waals surface area contributed by atoms with Crippen LogP contribution in [0.25, 0.3) is 0 Å². The molecule has 0 amide bonds. The number of rotatable bonds is 1. The molecule has 0 saturated carbocycles. The van der Waals surface area contributed by atoms with Crippen LogP contribution < -0.4 is 4.74 Å². The number of hydrogen-bond acceptors (Lipinski definition) is 3. The zero-order valence-electron chi connectivity index (χ0n) is 8.36. The molecule has 0 aromatic heterocycles. The Morgan fingerprint density at radius 1 is 1.50 bits per heavy atom. The van der Waals surface area contributed by atoms with Crippen molar-refractivity contribution in [2.24, 2.45) is 0 Å². The Morgan fingerprint density at radius 2 is 2.21 bits per heavy atom. The van der Waals surface area contributed by atoms with Gasteiger partial charge in [0.2, 0.25) is 5.79 Å². The third-order valence-electron chi connectivity index (χ3n) is 2.60. The molecule has 14 heavy (non-hydrogen) atoms. The average molecular weight is 194 g/mol. The molecule has 2 rings (SSSR count). The predicted octanol–water partition coefficient (Wildman–Crippen LogP) is 1.87. The molecule has 1 aromatic carbocycles. The summed E-state index contributed by atoms with van der Waals surface area (Å²) in [6.45, 7) is 1.83. The standard InChI is InChI=1S/C11H14O3/c1-11(13-2)7-9(12)8-5-3-4-6-10(8)14-11/h3-6,9,12H,7H2,1-2H3/t9-,11+/m1/s1. The average Bonchev–Trinajstić information content (AvgIpc) is 2.18. The molecule has 0 aliphatic carbocycles. The van der Waals surface area contributed by atoms with Crippen molar-refractivity contribution in [1.29, 1.82) is 0 Å². The Balaban J connectivity index is 2.38. The van der Waals surface area contributed by atoms with Crippen LogP contribution in [0.5, 0.6) is 5.75 Å². The highest BCUT2D eigenvalue weighted by Gasteiger charge is 2.36. The van der Waals surface area contributed by atoms with Gasteiger partial charge >= 0.3 is 0 Å². The molecular weight excluding hydrogens is 180 g/mol. The van der Waals surface area contributed by atoms with Crippen molar-refractivity contribution in [2.45, 2.75) is 25.2 Å². The van der Waals surface area contributed by atoms with Crippen LogP contribution >= 0.6 is 0 Å². The first-order chi connectivity index (χ1) is 6.64. The van der Waals surface area contributed by atoms with E-state index in [1.807, 2.05) is 31.2 Å². The molecule has 0 spiro atoms. The fraction of sp³-hybridized carbons (Fsp3) is 0.455. The highest BCUT2D eigenvalue weighted by molar-refractivity contribution is 5.37. The topological polar surface area (TPSA) is 38.7 Å². The van der Waals surface area contributed by atoms with Crippen molar-refractivity contribution in [3.63, 3.8) is 0 Å². The van der Waals surface area contributed by atoms with Crippen molar-refractivity contribution >= 4 is 0 Å². The highest BCUT2D eigenvalue weighted by atomic mass is 16.7. The summed E-state index contributed by atoms with van der Waals surface area (Å²) >= 11 is 0. The van der Waals surface area contributed by atoms with Gasteiger partial charge in [-0.2, -0.15) is 0 Å². The molecule has 1 aliphatic rings. The first-order valence-corrected chi connectivity index (χ1v) is 4.66. The van der Waals surface area contributed by atoms with E-state index in [1.54, 1.807) is 7.11 Å². The summed E-state index contributed by atoms with van der Waals surface area (Å²) in [6, 6.07) is 7.48. The second kappa shape index (κ2) is 3.26. The smallest absolute Gasteiger partial charge is 0.210 e. The van der Waals surface area contributed by atoms with E-state index in [1.165, 1.54) is 0 Å². The van der Waals surface area contributed by atoms with Gasteiger partial charge in [-0.3, -0.25) is 0 Å². The second-order valence-corrected chi connectivity index (χ2v) is 3.70. The minimum atomic E-state index is -0.715. The van der Waals surface area contributed by atoms with E-state index < -0.39 is 11.9 Å². The van der Waals surface area contributed by atoms with Crippen LogP contribution in [-0.4, -0.2) is 18.0 Å². The number of benzene rings is 1. The maximum atomic E-state index is 9.87. The highest BCUT2D eigenvalue weighted by Crippen LogP contribution is 2.39. The lowest BCUT2D eigenvalue weighted by Gasteiger charge is -2.36. The van der Waals surface area contributed by atoms with Crippen LogP contribution in [0.4, 0.5) is 0 Å². The summed E-state index contributed by atoms with van der Waals surface area (Å²) in [7, 11) is 1.58. The normalized spacial score (nSPS) is 30.6. The van der Waals surface area contributed by atoms with Crippen LogP contribution in [0.15, 0.2) is 24.3 Å². The zero-order chi connectivity index (χ0) is 10.2. The van der Waals surface area contributed by atoms with Crippen molar-refractivity contribution in [3.8, 4) is 5.75 Å². The van der Waals surface area contributed by atoms with Gasteiger partial charge in [0.25, 0.3) is 0 Å². The van der Waals surface area contributed by atoms with Crippen LogP contribution in [0, 0.1) is 0 Å². The molecule has 1 aromatic rings. The van der Waals surface area contributed by atoms with Crippen molar-refractivity contribution in [2.75, 3.05) is 7.11 Å². The molecule has 0 unspecified atom stereocenters.